The molecule has 0 fully saturated rings. The average molecular weight is 349 g/mol. The number of hydrogen-bond donors (Lipinski definition) is 1. The molecule has 1 unspecified atom stereocenters. The zero-order valence-corrected chi connectivity index (χ0v) is 13.6. The highest BCUT2D eigenvalue weighted by Gasteiger charge is 2.19. The Morgan fingerprint density at radius 3 is 2.33 bits per heavy atom. The highest BCUT2D eigenvalue weighted by molar-refractivity contribution is 6.27. The fourth-order valence-corrected chi connectivity index (χ4v) is 2.44. The van der Waals surface area contributed by atoms with Crippen LogP contribution in [-0.4, -0.2) is 33.3 Å². The van der Waals surface area contributed by atoms with Crippen molar-refractivity contribution in [3.05, 3.63) is 75.8 Å². The molecule has 0 aliphatic rings. The van der Waals surface area contributed by atoms with Gasteiger partial charge in [-0.3, -0.25) is 14.9 Å². The van der Waals surface area contributed by atoms with Crippen LogP contribution in [0.25, 0.3) is 0 Å². The maximum absolute atomic E-state index is 12.0. The van der Waals surface area contributed by atoms with E-state index in [-0.39, 0.29) is 24.0 Å². The predicted molar refractivity (Wildman–Crippen MR) is 90.6 cm³/mol. The van der Waals surface area contributed by atoms with Crippen LogP contribution < -0.4 is 0 Å². The van der Waals surface area contributed by atoms with E-state index in [2.05, 4.69) is 0 Å². The Morgan fingerprint density at radius 1 is 1.17 bits per heavy atom. The van der Waals surface area contributed by atoms with Crippen molar-refractivity contribution in [1.82, 2.24) is 4.90 Å². The van der Waals surface area contributed by atoms with Crippen molar-refractivity contribution in [2.45, 2.75) is 12.6 Å². The molecular formula is C17H17ClN2O4. The van der Waals surface area contributed by atoms with Crippen molar-refractivity contribution in [2.24, 2.45) is 0 Å². The van der Waals surface area contributed by atoms with Crippen molar-refractivity contribution in [3.8, 4) is 0 Å². The summed E-state index contributed by atoms with van der Waals surface area (Å²) < 4.78 is 0. The molecule has 126 valence electrons. The number of amides is 1. The fourth-order valence-electron chi connectivity index (χ4n) is 2.28. The molecule has 1 amide bonds. The van der Waals surface area contributed by atoms with E-state index in [1.165, 1.54) is 29.2 Å². The van der Waals surface area contributed by atoms with Crippen molar-refractivity contribution in [1.29, 1.82) is 0 Å². The second-order valence-corrected chi connectivity index (χ2v) is 5.53. The largest absolute Gasteiger partial charge is 0.387 e. The minimum Gasteiger partial charge on any atom is -0.387 e. The molecule has 7 heteroatoms. The quantitative estimate of drug-likeness (QED) is 0.473. The van der Waals surface area contributed by atoms with E-state index in [0.717, 1.165) is 5.56 Å². The molecule has 2 aromatic rings. The number of non-ortho nitro benzene ring substituents is 1. The summed E-state index contributed by atoms with van der Waals surface area (Å²) in [5.41, 5.74) is 1.37. The van der Waals surface area contributed by atoms with E-state index in [0.29, 0.717) is 12.1 Å². The number of hydrogen-bond acceptors (Lipinski definition) is 4. The molecule has 1 N–H and O–H groups in total. The van der Waals surface area contributed by atoms with E-state index in [1.54, 1.807) is 0 Å². The van der Waals surface area contributed by atoms with Gasteiger partial charge in [0.15, 0.2) is 0 Å². The van der Waals surface area contributed by atoms with Gasteiger partial charge in [-0.15, -0.1) is 11.6 Å². The van der Waals surface area contributed by atoms with Gasteiger partial charge in [0.25, 0.3) is 5.69 Å². The Bertz CT molecular complexity index is 691. The van der Waals surface area contributed by atoms with Gasteiger partial charge in [0, 0.05) is 18.7 Å². The SMILES string of the molecule is O=C(CCl)N(Cc1ccccc1)CC(O)c1ccc([N+](=O)[O-])cc1. The Kier molecular flexibility index (Phi) is 6.28. The van der Waals surface area contributed by atoms with Crippen LogP contribution in [0.3, 0.4) is 0 Å². The minimum absolute atomic E-state index is 0.0519. The van der Waals surface area contributed by atoms with Gasteiger partial charge in [-0.2, -0.15) is 0 Å². The smallest absolute Gasteiger partial charge is 0.269 e. The summed E-state index contributed by atoms with van der Waals surface area (Å²) in [7, 11) is 0. The Morgan fingerprint density at radius 2 is 1.79 bits per heavy atom. The van der Waals surface area contributed by atoms with Crippen LogP contribution in [0.15, 0.2) is 54.6 Å². The molecular weight excluding hydrogens is 332 g/mol. The zero-order valence-electron chi connectivity index (χ0n) is 12.8. The number of aliphatic hydroxyl groups excluding tert-OH is 1. The Labute approximate surface area is 144 Å². The number of benzene rings is 2. The summed E-state index contributed by atoms with van der Waals surface area (Å²) in [6.07, 6.45) is -0.957. The third-order valence-corrected chi connectivity index (χ3v) is 3.79. The lowest BCUT2D eigenvalue weighted by molar-refractivity contribution is -0.384. The van der Waals surface area contributed by atoms with Gasteiger partial charge in [-0.1, -0.05) is 30.3 Å². The van der Waals surface area contributed by atoms with E-state index in [9.17, 15) is 20.0 Å². The maximum Gasteiger partial charge on any atom is 0.269 e. The topological polar surface area (TPSA) is 83.7 Å². The minimum atomic E-state index is -0.957. The molecule has 0 heterocycles. The first-order valence-corrected chi connectivity index (χ1v) is 7.85. The van der Waals surface area contributed by atoms with Crippen LogP contribution in [-0.2, 0) is 11.3 Å². The lowest BCUT2D eigenvalue weighted by Crippen LogP contribution is -2.35. The van der Waals surface area contributed by atoms with Crippen molar-refractivity contribution in [3.63, 3.8) is 0 Å². The third-order valence-electron chi connectivity index (χ3n) is 3.57. The first-order chi connectivity index (χ1) is 11.5. The molecule has 0 bridgehead atoms. The van der Waals surface area contributed by atoms with Gasteiger partial charge in [0.1, 0.15) is 5.88 Å². The predicted octanol–water partition coefficient (Wildman–Crippen LogP) is 2.90. The van der Waals surface area contributed by atoms with E-state index in [4.69, 9.17) is 11.6 Å². The summed E-state index contributed by atoms with van der Waals surface area (Å²) >= 11 is 5.65. The molecule has 6 nitrogen and oxygen atoms in total. The molecule has 0 aliphatic heterocycles. The summed E-state index contributed by atoms with van der Waals surface area (Å²) in [5, 5.41) is 21.0. The number of halogens is 1. The van der Waals surface area contributed by atoms with Crippen LogP contribution in [0, 0.1) is 10.1 Å². The average Bonchev–Trinajstić information content (AvgIpc) is 2.61. The van der Waals surface area contributed by atoms with Gasteiger partial charge in [0.2, 0.25) is 5.91 Å². The van der Waals surface area contributed by atoms with Gasteiger partial charge in [-0.25, -0.2) is 0 Å². The molecule has 0 spiro atoms. The van der Waals surface area contributed by atoms with Crippen molar-refractivity contribution in [2.75, 3.05) is 12.4 Å². The molecule has 0 aromatic heterocycles. The van der Waals surface area contributed by atoms with Gasteiger partial charge >= 0.3 is 0 Å². The highest BCUT2D eigenvalue weighted by atomic mass is 35.5. The number of nitrogens with zero attached hydrogens (tertiary/aromatic N) is 2. The van der Waals surface area contributed by atoms with E-state index >= 15 is 0 Å². The molecule has 1 atom stereocenters. The second kappa shape index (κ2) is 8.42. The summed E-state index contributed by atoms with van der Waals surface area (Å²) in [6.45, 7) is 0.384. The monoisotopic (exact) mass is 348 g/mol. The standard InChI is InChI=1S/C17H17ClN2O4/c18-10-17(22)19(11-13-4-2-1-3-5-13)12-16(21)14-6-8-15(9-7-14)20(23)24/h1-9,16,21H,10-12H2. The highest BCUT2D eigenvalue weighted by Crippen LogP contribution is 2.19. The molecule has 0 radical (unpaired) electrons. The van der Waals surface area contributed by atoms with Crippen LogP contribution in [0.5, 0.6) is 0 Å². The lowest BCUT2D eigenvalue weighted by Gasteiger charge is -2.25. The summed E-state index contributed by atoms with van der Waals surface area (Å²) in [6, 6.07) is 15.0. The number of aliphatic hydroxyl groups is 1. The fraction of sp³-hybridized carbons (Fsp3) is 0.235. The Hall–Kier alpha value is -2.44. The molecule has 0 saturated carbocycles. The number of carbonyl (C=O) groups is 1. The number of carbonyl (C=O) groups excluding carboxylic acids is 1. The summed E-state index contributed by atoms with van der Waals surface area (Å²) in [5.74, 6) is -0.471. The van der Waals surface area contributed by atoms with Crippen LogP contribution in [0.2, 0.25) is 0 Å². The van der Waals surface area contributed by atoms with Gasteiger partial charge in [-0.05, 0) is 23.3 Å². The summed E-state index contributed by atoms with van der Waals surface area (Å²) in [4.78, 5) is 23.6. The van der Waals surface area contributed by atoms with Gasteiger partial charge < -0.3 is 10.0 Å². The second-order valence-electron chi connectivity index (χ2n) is 5.26. The third kappa shape index (κ3) is 4.78. The number of alkyl halides is 1. The lowest BCUT2D eigenvalue weighted by atomic mass is 10.1. The Balaban J connectivity index is 2.10. The van der Waals surface area contributed by atoms with E-state index < -0.39 is 11.0 Å². The number of nitro groups is 1. The van der Waals surface area contributed by atoms with Crippen molar-refractivity contribution < 1.29 is 14.8 Å². The van der Waals surface area contributed by atoms with Gasteiger partial charge in [0.05, 0.1) is 17.6 Å². The molecule has 0 saturated heterocycles. The number of nitro benzene ring substituents is 1. The van der Waals surface area contributed by atoms with Crippen LogP contribution >= 0.6 is 11.6 Å². The molecule has 0 aliphatic carbocycles. The molecule has 24 heavy (non-hydrogen) atoms. The first kappa shape index (κ1) is 17.9. The van der Waals surface area contributed by atoms with Crippen molar-refractivity contribution >= 4 is 23.2 Å². The number of rotatable bonds is 7. The zero-order chi connectivity index (χ0) is 17.5. The van der Waals surface area contributed by atoms with E-state index in [1.807, 2.05) is 30.3 Å². The normalized spacial score (nSPS) is 11.8. The first-order valence-electron chi connectivity index (χ1n) is 7.31. The van der Waals surface area contributed by atoms with Crippen LogP contribution in [0.1, 0.15) is 17.2 Å². The maximum atomic E-state index is 12.0. The molecule has 2 rings (SSSR count). The molecule has 2 aromatic carbocycles. The van der Waals surface area contributed by atoms with Crippen LogP contribution in [0.4, 0.5) is 5.69 Å².